The second kappa shape index (κ2) is 8.24. The molecule has 0 atom stereocenters. The van der Waals surface area contributed by atoms with E-state index >= 15 is 0 Å². The molecule has 170 valence electrons. The largest absolute Gasteiger partial charge is 0.462 e. The summed E-state index contributed by atoms with van der Waals surface area (Å²) in [6.45, 7) is 5.92. The average Bonchev–Trinajstić information content (AvgIpc) is 3.40. The number of rotatable bonds is 4. The van der Waals surface area contributed by atoms with Gasteiger partial charge in [0.25, 0.3) is 6.47 Å². The van der Waals surface area contributed by atoms with Crippen molar-refractivity contribution in [2.24, 2.45) is 0 Å². The van der Waals surface area contributed by atoms with Crippen LogP contribution in [-0.4, -0.2) is 25.1 Å². The average molecular weight is 483 g/mol. The van der Waals surface area contributed by atoms with Crippen LogP contribution >= 0.6 is 11.6 Å². The highest BCUT2D eigenvalue weighted by Crippen LogP contribution is 2.53. The summed E-state index contributed by atoms with van der Waals surface area (Å²) in [6.07, 6.45) is 0. The fraction of sp³-hybridized carbons (Fsp3) is 0.160. The minimum absolute atomic E-state index is 0.0347. The number of para-hydroxylation sites is 1. The van der Waals surface area contributed by atoms with E-state index in [0.29, 0.717) is 12.0 Å². The molecule has 0 aliphatic carbocycles. The fourth-order valence-electron chi connectivity index (χ4n) is 3.63. The normalized spacial score (nSPS) is 12.1. The first kappa shape index (κ1) is 22.9. The van der Waals surface area contributed by atoms with Crippen LogP contribution in [0.5, 0.6) is 0 Å². The van der Waals surface area contributed by atoms with E-state index < -0.39 is 9.84 Å². The number of sulfone groups is 1. The maximum atomic E-state index is 13.1. The van der Waals surface area contributed by atoms with E-state index in [1.165, 1.54) is 0 Å². The third-order valence-electron chi connectivity index (χ3n) is 5.15. The van der Waals surface area contributed by atoms with E-state index in [1.807, 2.05) is 45.0 Å². The summed E-state index contributed by atoms with van der Waals surface area (Å²) in [6, 6.07) is 19.6. The Morgan fingerprint density at radius 3 is 2.18 bits per heavy atom. The van der Waals surface area contributed by atoms with Gasteiger partial charge in [0.15, 0.2) is 0 Å². The molecule has 2 aliphatic heterocycles. The molecule has 6 nitrogen and oxygen atoms in total. The number of aromatic nitrogens is 1. The molecule has 0 amide bonds. The molecule has 8 heteroatoms. The van der Waals surface area contributed by atoms with Crippen LogP contribution in [0.15, 0.2) is 76.5 Å². The number of hydrogen-bond acceptors (Lipinski definition) is 5. The number of carbonyl (C=O) groups excluding carboxylic acids is 1. The first-order valence-electron chi connectivity index (χ1n) is 10.2. The van der Waals surface area contributed by atoms with Gasteiger partial charge in [-0.25, -0.2) is 8.42 Å². The Hall–Kier alpha value is -3.29. The summed E-state index contributed by atoms with van der Waals surface area (Å²) >= 11 is 6.25. The Morgan fingerprint density at radius 2 is 1.61 bits per heavy atom. The predicted octanol–water partition coefficient (Wildman–Crippen LogP) is 5.64. The number of fused-ring (bicyclic) bond motifs is 4. The Bertz CT molecular complexity index is 1430. The van der Waals surface area contributed by atoms with Crippen LogP contribution < -0.4 is 5.73 Å². The number of ether oxygens (including phenoxy) is 1. The van der Waals surface area contributed by atoms with Crippen molar-refractivity contribution in [1.82, 2.24) is 4.57 Å². The van der Waals surface area contributed by atoms with Gasteiger partial charge in [-0.15, -0.1) is 0 Å². The second-order valence-electron chi connectivity index (χ2n) is 8.53. The quantitative estimate of drug-likeness (QED) is 0.264. The van der Waals surface area contributed by atoms with Crippen molar-refractivity contribution in [2.75, 3.05) is 5.73 Å². The number of carbonyl (C=O) groups is 1. The molecule has 0 spiro atoms. The van der Waals surface area contributed by atoms with Crippen molar-refractivity contribution < 1.29 is 17.9 Å². The van der Waals surface area contributed by atoms with Gasteiger partial charge in [-0.05, 0) is 51.1 Å². The maximum Gasteiger partial charge on any atom is 0.293 e. The molecule has 0 saturated heterocycles. The summed E-state index contributed by atoms with van der Waals surface area (Å²) in [7, 11) is -3.81. The topological polar surface area (TPSA) is 91.4 Å². The monoisotopic (exact) mass is 482 g/mol. The molecule has 3 aromatic carbocycles. The number of nitrogen functional groups attached to an aromatic ring is 1. The minimum atomic E-state index is -3.81. The Labute approximate surface area is 197 Å². The number of hydrogen-bond donors (Lipinski definition) is 1. The van der Waals surface area contributed by atoms with Crippen LogP contribution in [0.3, 0.4) is 0 Å². The summed E-state index contributed by atoms with van der Waals surface area (Å²) in [4.78, 5) is 9.74. The molecule has 2 heterocycles. The summed E-state index contributed by atoms with van der Waals surface area (Å²) < 4.78 is 32.8. The maximum absolute atomic E-state index is 13.1. The standard InChI is InChI=1S/C20H13ClN2O2S.C5H10O2/c21-15-11-10-14(19-18-13-8-4-5-9-16(13)23(18)19)17(22)20(15)26(24,25)12-6-2-1-3-7-12;1-5(2,3)7-4-6/h1-11H,22H2;4H,1-3H3. The highest BCUT2D eigenvalue weighted by molar-refractivity contribution is 7.91. The highest BCUT2D eigenvalue weighted by Gasteiger charge is 2.36. The van der Waals surface area contributed by atoms with Gasteiger partial charge < -0.3 is 15.0 Å². The second-order valence-corrected chi connectivity index (χ2v) is 10.8. The third-order valence-corrected chi connectivity index (χ3v) is 7.45. The molecule has 0 bridgehead atoms. The molecular weight excluding hydrogens is 460 g/mol. The number of nitrogens with two attached hydrogens (primary N) is 1. The van der Waals surface area contributed by atoms with Gasteiger partial charge in [-0.3, -0.25) is 4.79 Å². The van der Waals surface area contributed by atoms with Gasteiger partial charge in [0.05, 0.1) is 32.5 Å². The zero-order chi connectivity index (χ0) is 24.0. The first-order valence-corrected chi connectivity index (χ1v) is 12.1. The lowest BCUT2D eigenvalue weighted by atomic mass is 10.1. The van der Waals surface area contributed by atoms with Crippen molar-refractivity contribution in [1.29, 1.82) is 0 Å². The summed E-state index contributed by atoms with van der Waals surface area (Å²) in [5.74, 6) is 0. The molecule has 0 radical (unpaired) electrons. The van der Waals surface area contributed by atoms with E-state index in [2.05, 4.69) is 9.30 Å². The minimum Gasteiger partial charge on any atom is -0.462 e. The van der Waals surface area contributed by atoms with Gasteiger partial charge in [0.1, 0.15) is 10.5 Å². The van der Waals surface area contributed by atoms with Crippen LogP contribution in [-0.2, 0) is 19.4 Å². The molecule has 0 aromatic heterocycles. The van der Waals surface area contributed by atoms with Crippen molar-refractivity contribution in [3.63, 3.8) is 0 Å². The molecule has 33 heavy (non-hydrogen) atoms. The molecule has 5 rings (SSSR count). The van der Waals surface area contributed by atoms with Crippen molar-refractivity contribution in [2.45, 2.75) is 36.2 Å². The Kier molecular flexibility index (Phi) is 5.72. The highest BCUT2D eigenvalue weighted by atomic mass is 35.5. The van der Waals surface area contributed by atoms with E-state index in [-0.39, 0.29) is 26.1 Å². The molecule has 0 fully saturated rings. The van der Waals surface area contributed by atoms with Crippen LogP contribution in [0, 0.1) is 0 Å². The fourth-order valence-corrected chi connectivity index (χ4v) is 5.58. The Balaban J connectivity index is 0.000000325. The number of nitrogens with zero attached hydrogens (tertiary/aromatic N) is 1. The van der Waals surface area contributed by atoms with Gasteiger partial charge in [-0.1, -0.05) is 48.0 Å². The van der Waals surface area contributed by atoms with E-state index in [0.717, 1.165) is 22.3 Å². The van der Waals surface area contributed by atoms with Crippen molar-refractivity contribution >= 4 is 44.5 Å². The zero-order valence-corrected chi connectivity index (χ0v) is 19.9. The predicted molar refractivity (Wildman–Crippen MR) is 130 cm³/mol. The van der Waals surface area contributed by atoms with Crippen molar-refractivity contribution in [3.8, 4) is 16.9 Å². The van der Waals surface area contributed by atoms with E-state index in [4.69, 9.17) is 17.3 Å². The third kappa shape index (κ3) is 4.10. The van der Waals surface area contributed by atoms with Gasteiger partial charge in [0.2, 0.25) is 9.84 Å². The smallest absolute Gasteiger partial charge is 0.293 e. The lowest BCUT2D eigenvalue weighted by Gasteiger charge is -2.14. The van der Waals surface area contributed by atoms with Gasteiger partial charge in [-0.2, -0.15) is 0 Å². The zero-order valence-electron chi connectivity index (χ0n) is 18.4. The van der Waals surface area contributed by atoms with Crippen LogP contribution in [0.2, 0.25) is 5.02 Å². The molecule has 3 aromatic rings. The molecule has 0 unspecified atom stereocenters. The van der Waals surface area contributed by atoms with Crippen LogP contribution in [0.4, 0.5) is 5.69 Å². The number of benzene rings is 3. The lowest BCUT2D eigenvalue weighted by molar-refractivity contribution is -0.138. The molecule has 2 N–H and O–H groups in total. The van der Waals surface area contributed by atoms with Gasteiger partial charge >= 0.3 is 0 Å². The lowest BCUT2D eigenvalue weighted by Crippen LogP contribution is -2.17. The van der Waals surface area contributed by atoms with Crippen LogP contribution in [0.25, 0.3) is 27.8 Å². The molecule has 0 saturated carbocycles. The number of halogens is 1. The van der Waals surface area contributed by atoms with E-state index in [9.17, 15) is 13.2 Å². The van der Waals surface area contributed by atoms with Crippen LogP contribution in [0.1, 0.15) is 20.8 Å². The van der Waals surface area contributed by atoms with Gasteiger partial charge in [0, 0.05) is 10.9 Å². The Morgan fingerprint density at radius 1 is 0.970 bits per heavy atom. The molecular formula is C25H23ClN2O4S. The molecule has 2 aliphatic rings. The number of anilines is 1. The first-order chi connectivity index (χ1) is 15.6. The SMILES string of the molecule is CC(C)(C)OC=O.Nc1c(-c2c3c4ccccc4n2-3)ccc(Cl)c1S(=O)(=O)c1ccccc1. The van der Waals surface area contributed by atoms with Crippen molar-refractivity contribution in [3.05, 3.63) is 71.8 Å². The summed E-state index contributed by atoms with van der Waals surface area (Å²) in [5, 5.41) is 1.28. The van der Waals surface area contributed by atoms with E-state index in [1.54, 1.807) is 42.5 Å². The summed E-state index contributed by atoms with van der Waals surface area (Å²) in [5.41, 5.74) is 10.0.